The number of amides is 1. The molecule has 0 fully saturated rings. The van der Waals surface area contributed by atoms with Crippen LogP contribution in [0.4, 0.5) is 0 Å². The van der Waals surface area contributed by atoms with E-state index in [1.54, 1.807) is 24.3 Å². The maximum absolute atomic E-state index is 12.0. The van der Waals surface area contributed by atoms with Gasteiger partial charge in [0.1, 0.15) is 17.8 Å². The van der Waals surface area contributed by atoms with Crippen LogP contribution < -0.4 is 16.4 Å². The van der Waals surface area contributed by atoms with Gasteiger partial charge in [0, 0.05) is 13.0 Å². The van der Waals surface area contributed by atoms with Gasteiger partial charge in [-0.05, 0) is 18.4 Å². The number of nitrogens with zero attached hydrogens (tertiary/aromatic N) is 2. The molecule has 1 unspecified atom stereocenters. The highest BCUT2D eigenvalue weighted by Gasteiger charge is 2.24. The standard InChI is InChI=1S/C20H29N5O7/c21-20(24-25(30)31)22-12-8-3-1-2-7-11-17(26)23-16(19(28)29)13-18(27)32-14-15-9-5-4-6-10-15/h4-6,9-10,16H,1-3,7-8,11-14H2,(H,23,26)(H,28,29)(H3,21,22,24). The first-order valence-corrected chi connectivity index (χ1v) is 10.2. The molecule has 176 valence electrons. The lowest BCUT2D eigenvalue weighted by Gasteiger charge is -2.14. The molecule has 0 aliphatic carbocycles. The van der Waals surface area contributed by atoms with Crippen molar-refractivity contribution in [2.24, 2.45) is 10.8 Å². The van der Waals surface area contributed by atoms with E-state index in [0.29, 0.717) is 13.0 Å². The van der Waals surface area contributed by atoms with E-state index in [-0.39, 0.29) is 19.0 Å². The number of aliphatic carboxylic acids is 1. The number of guanidine groups is 1. The molecule has 0 saturated carbocycles. The van der Waals surface area contributed by atoms with Crippen molar-refractivity contribution in [3.05, 3.63) is 46.0 Å². The molecule has 0 radical (unpaired) electrons. The maximum Gasteiger partial charge on any atom is 0.326 e. The van der Waals surface area contributed by atoms with Gasteiger partial charge in [0.15, 0.2) is 5.03 Å². The van der Waals surface area contributed by atoms with Crippen molar-refractivity contribution in [3.63, 3.8) is 0 Å². The molecule has 1 amide bonds. The van der Waals surface area contributed by atoms with Crippen molar-refractivity contribution in [1.82, 2.24) is 10.6 Å². The number of benzene rings is 1. The summed E-state index contributed by atoms with van der Waals surface area (Å²) in [5, 5.41) is 26.4. The Kier molecular flexibility index (Phi) is 12.5. The normalized spacial score (nSPS) is 11.9. The number of esters is 1. The Morgan fingerprint density at radius 2 is 1.78 bits per heavy atom. The second-order valence-corrected chi connectivity index (χ2v) is 6.98. The van der Waals surface area contributed by atoms with E-state index in [9.17, 15) is 29.6 Å². The van der Waals surface area contributed by atoms with Crippen molar-refractivity contribution >= 4 is 23.8 Å². The lowest BCUT2D eigenvalue weighted by atomic mass is 10.1. The molecule has 1 aromatic rings. The van der Waals surface area contributed by atoms with Gasteiger partial charge in [0.25, 0.3) is 5.96 Å². The number of ether oxygens (including phenoxy) is 1. The number of carbonyl (C=O) groups excluding carboxylic acids is 2. The molecule has 0 heterocycles. The van der Waals surface area contributed by atoms with Crippen molar-refractivity contribution in [3.8, 4) is 0 Å². The molecular formula is C20H29N5O7. The molecule has 0 saturated heterocycles. The van der Waals surface area contributed by atoms with Gasteiger partial charge in [-0.1, -0.05) is 49.6 Å². The van der Waals surface area contributed by atoms with Crippen LogP contribution in [0.3, 0.4) is 0 Å². The Morgan fingerprint density at radius 3 is 2.44 bits per heavy atom. The van der Waals surface area contributed by atoms with Crippen LogP contribution in [-0.4, -0.2) is 46.5 Å². The quantitative estimate of drug-likeness (QED) is 0.0757. The summed E-state index contributed by atoms with van der Waals surface area (Å²) in [6.45, 7) is 0.481. The zero-order valence-electron chi connectivity index (χ0n) is 17.7. The summed E-state index contributed by atoms with van der Waals surface area (Å²) in [5.74, 6) is -2.70. The van der Waals surface area contributed by atoms with Crippen LogP contribution in [0, 0.1) is 10.1 Å². The van der Waals surface area contributed by atoms with Crippen LogP contribution in [0.25, 0.3) is 0 Å². The van der Waals surface area contributed by atoms with E-state index < -0.39 is 35.3 Å². The largest absolute Gasteiger partial charge is 0.480 e. The molecule has 0 aromatic heterocycles. The minimum absolute atomic E-state index is 0.0323. The fourth-order valence-electron chi connectivity index (χ4n) is 2.71. The molecular weight excluding hydrogens is 422 g/mol. The van der Waals surface area contributed by atoms with Crippen molar-refractivity contribution in [1.29, 1.82) is 0 Å². The molecule has 12 nitrogen and oxygen atoms in total. The van der Waals surface area contributed by atoms with E-state index in [1.807, 2.05) is 6.07 Å². The van der Waals surface area contributed by atoms with E-state index in [2.05, 4.69) is 15.7 Å². The SMILES string of the molecule is N/C(=N\[N+](=O)[O-])NCCCCCCCC(=O)NC(CC(=O)OCc1ccccc1)C(=O)O. The van der Waals surface area contributed by atoms with E-state index in [0.717, 1.165) is 31.2 Å². The summed E-state index contributed by atoms with van der Waals surface area (Å²) < 4.78 is 5.06. The summed E-state index contributed by atoms with van der Waals surface area (Å²) in [7, 11) is 0. The van der Waals surface area contributed by atoms with Gasteiger partial charge in [-0.25, -0.2) is 14.9 Å². The Hall–Kier alpha value is -3.70. The average Bonchev–Trinajstić information content (AvgIpc) is 2.73. The molecule has 1 atom stereocenters. The monoisotopic (exact) mass is 451 g/mol. The average molecular weight is 451 g/mol. The first kappa shape index (κ1) is 26.3. The third-order valence-electron chi connectivity index (χ3n) is 4.32. The van der Waals surface area contributed by atoms with Crippen LogP contribution >= 0.6 is 0 Å². The highest BCUT2D eigenvalue weighted by molar-refractivity contribution is 5.87. The summed E-state index contributed by atoms with van der Waals surface area (Å²) >= 11 is 0. The highest BCUT2D eigenvalue weighted by atomic mass is 16.7. The Morgan fingerprint density at radius 1 is 1.12 bits per heavy atom. The number of nitrogens with one attached hydrogen (secondary N) is 2. The lowest BCUT2D eigenvalue weighted by Crippen LogP contribution is -2.42. The van der Waals surface area contributed by atoms with E-state index in [1.165, 1.54) is 0 Å². The second-order valence-electron chi connectivity index (χ2n) is 6.98. The molecule has 5 N–H and O–H groups in total. The second kappa shape index (κ2) is 15.2. The number of carboxylic acid groups (broad SMARTS) is 1. The number of unbranched alkanes of at least 4 members (excludes halogenated alkanes) is 4. The first-order valence-electron chi connectivity index (χ1n) is 10.2. The van der Waals surface area contributed by atoms with E-state index >= 15 is 0 Å². The number of carboxylic acids is 1. The van der Waals surface area contributed by atoms with Gasteiger partial charge in [0.05, 0.1) is 6.42 Å². The number of hydrazone groups is 1. The highest BCUT2D eigenvalue weighted by Crippen LogP contribution is 2.07. The fourth-order valence-corrected chi connectivity index (χ4v) is 2.71. The van der Waals surface area contributed by atoms with Crippen molar-refractivity contribution in [2.45, 2.75) is 57.6 Å². The van der Waals surface area contributed by atoms with Gasteiger partial charge >= 0.3 is 11.9 Å². The summed E-state index contributed by atoms with van der Waals surface area (Å²) in [4.78, 5) is 45.4. The Balaban J connectivity index is 2.18. The Bertz CT molecular complexity index is 786. The van der Waals surface area contributed by atoms with Crippen LogP contribution in [0.15, 0.2) is 35.4 Å². The number of nitro groups is 1. The maximum atomic E-state index is 12.0. The molecule has 0 spiro atoms. The molecule has 1 aromatic carbocycles. The minimum Gasteiger partial charge on any atom is -0.480 e. The van der Waals surface area contributed by atoms with Gasteiger partial charge in [-0.15, -0.1) is 0 Å². The molecule has 1 rings (SSSR count). The van der Waals surface area contributed by atoms with Gasteiger partial charge in [-0.3, -0.25) is 9.59 Å². The molecule has 12 heteroatoms. The fraction of sp³-hybridized carbons (Fsp3) is 0.500. The molecule has 32 heavy (non-hydrogen) atoms. The van der Waals surface area contributed by atoms with Crippen molar-refractivity contribution in [2.75, 3.05) is 6.54 Å². The van der Waals surface area contributed by atoms with Crippen LogP contribution in [0.1, 0.15) is 50.5 Å². The molecule has 0 bridgehead atoms. The number of hydrogen-bond donors (Lipinski definition) is 4. The van der Waals surface area contributed by atoms with Gasteiger partial charge in [0.2, 0.25) is 5.91 Å². The third kappa shape index (κ3) is 12.8. The zero-order valence-corrected chi connectivity index (χ0v) is 17.7. The topological polar surface area (TPSA) is 186 Å². The predicted molar refractivity (Wildman–Crippen MR) is 115 cm³/mol. The smallest absolute Gasteiger partial charge is 0.326 e. The number of rotatable bonds is 15. The van der Waals surface area contributed by atoms with Crippen LogP contribution in [0.2, 0.25) is 0 Å². The first-order chi connectivity index (χ1) is 15.3. The van der Waals surface area contributed by atoms with E-state index in [4.69, 9.17) is 10.5 Å². The van der Waals surface area contributed by atoms with Gasteiger partial charge < -0.3 is 26.2 Å². The molecule has 0 aliphatic rings. The predicted octanol–water partition coefficient (Wildman–Crippen LogP) is 1.13. The number of hydrogen-bond acceptors (Lipinski definition) is 6. The summed E-state index contributed by atoms with van der Waals surface area (Å²) in [6.07, 6.45) is 3.39. The summed E-state index contributed by atoms with van der Waals surface area (Å²) in [5.41, 5.74) is 6.07. The Labute approximate surface area is 185 Å². The number of carbonyl (C=O) groups is 3. The minimum atomic E-state index is -1.34. The third-order valence-corrected chi connectivity index (χ3v) is 4.32. The number of nitrogens with two attached hydrogens (primary N) is 1. The lowest BCUT2D eigenvalue weighted by molar-refractivity contribution is -0.485. The van der Waals surface area contributed by atoms with Crippen LogP contribution in [0.5, 0.6) is 0 Å². The molecule has 0 aliphatic heterocycles. The van der Waals surface area contributed by atoms with Crippen LogP contribution in [-0.2, 0) is 25.7 Å². The van der Waals surface area contributed by atoms with Crippen molar-refractivity contribution < 1.29 is 29.3 Å². The van der Waals surface area contributed by atoms with Gasteiger partial charge in [-0.2, -0.15) is 0 Å². The summed E-state index contributed by atoms with van der Waals surface area (Å²) in [6, 6.07) is 7.63. The zero-order chi connectivity index (χ0) is 23.8.